The summed E-state index contributed by atoms with van der Waals surface area (Å²) in [6.07, 6.45) is 1.11. The van der Waals surface area contributed by atoms with Gasteiger partial charge in [-0.3, -0.25) is 4.79 Å². The van der Waals surface area contributed by atoms with E-state index >= 15 is 0 Å². The van der Waals surface area contributed by atoms with E-state index in [9.17, 15) is 4.79 Å². The normalized spacial score (nSPS) is 27.4. The average Bonchev–Trinajstić information content (AvgIpc) is 3.20. The van der Waals surface area contributed by atoms with E-state index in [0.29, 0.717) is 12.8 Å². The predicted octanol–water partition coefficient (Wildman–Crippen LogP) is 4.07. The van der Waals surface area contributed by atoms with Gasteiger partial charge < -0.3 is 9.57 Å². The van der Waals surface area contributed by atoms with Gasteiger partial charge >= 0.3 is 5.97 Å². The van der Waals surface area contributed by atoms with Crippen LogP contribution in [0.5, 0.6) is 0 Å². The maximum absolute atomic E-state index is 12.7. The second kappa shape index (κ2) is 6.30. The van der Waals surface area contributed by atoms with Crippen LogP contribution in [0.25, 0.3) is 0 Å². The number of oxime groups is 1. The molecule has 0 bridgehead atoms. The molecule has 5 heteroatoms. The molecule has 3 atom stereocenters. The minimum atomic E-state index is -0.682. The Morgan fingerprint density at radius 3 is 2.72 bits per heavy atom. The molecule has 0 spiro atoms. The van der Waals surface area contributed by atoms with Gasteiger partial charge in [0.2, 0.25) is 0 Å². The van der Waals surface area contributed by atoms with Crippen molar-refractivity contribution in [2.24, 2.45) is 11.1 Å². The quantitative estimate of drug-likeness (QED) is 0.730. The number of rotatable bonds is 3. The van der Waals surface area contributed by atoms with Crippen molar-refractivity contribution in [2.75, 3.05) is 7.11 Å². The first-order valence-corrected chi connectivity index (χ1v) is 9.07. The number of carbonyl (C=O) groups excluding carboxylic acids is 1. The topological polar surface area (TPSA) is 47.9 Å². The third-order valence-electron chi connectivity index (χ3n) is 5.23. The Morgan fingerprint density at radius 1 is 1.20 bits per heavy atom. The Hall–Kier alpha value is -2.14. The highest BCUT2D eigenvalue weighted by Gasteiger charge is 2.56. The van der Waals surface area contributed by atoms with E-state index in [1.165, 1.54) is 7.11 Å². The van der Waals surface area contributed by atoms with Gasteiger partial charge in [-0.25, -0.2) is 0 Å². The second-order valence-electron chi connectivity index (χ2n) is 6.59. The molecule has 1 saturated carbocycles. The summed E-state index contributed by atoms with van der Waals surface area (Å²) in [7, 11) is 1.45. The highest BCUT2D eigenvalue weighted by atomic mass is 79.9. The number of hydrogen-bond donors (Lipinski definition) is 0. The van der Waals surface area contributed by atoms with Crippen molar-refractivity contribution in [1.29, 1.82) is 0 Å². The predicted molar refractivity (Wildman–Crippen MR) is 98.4 cm³/mol. The molecule has 2 aliphatic rings. The smallest absolute Gasteiger partial charge is 0.316 e. The van der Waals surface area contributed by atoms with Gasteiger partial charge in [0.1, 0.15) is 6.10 Å². The van der Waals surface area contributed by atoms with Gasteiger partial charge in [-0.2, -0.15) is 0 Å². The Morgan fingerprint density at radius 2 is 2.00 bits per heavy atom. The number of fused-ring (bicyclic) bond motifs is 1. The number of esters is 1. The van der Waals surface area contributed by atoms with E-state index in [1.54, 1.807) is 0 Å². The number of carbonyl (C=O) groups is 1. The van der Waals surface area contributed by atoms with E-state index < -0.39 is 5.41 Å². The summed E-state index contributed by atoms with van der Waals surface area (Å²) >= 11 is 3.51. The summed E-state index contributed by atoms with van der Waals surface area (Å²) < 4.78 is 6.17. The van der Waals surface area contributed by atoms with E-state index in [2.05, 4.69) is 21.1 Å². The molecule has 1 aliphatic carbocycles. The summed E-state index contributed by atoms with van der Waals surface area (Å²) in [6.45, 7) is 0. The fourth-order valence-electron chi connectivity index (χ4n) is 4.04. The van der Waals surface area contributed by atoms with Crippen LogP contribution in [0.3, 0.4) is 0 Å². The third kappa shape index (κ3) is 2.67. The van der Waals surface area contributed by atoms with Gasteiger partial charge in [0.15, 0.2) is 0 Å². The maximum atomic E-state index is 12.7. The molecule has 0 amide bonds. The Kier molecular flexibility index (Phi) is 4.12. The molecule has 1 heterocycles. The van der Waals surface area contributed by atoms with Crippen molar-refractivity contribution >= 4 is 27.6 Å². The summed E-state index contributed by atoms with van der Waals surface area (Å²) in [4.78, 5) is 18.5. The Balaban J connectivity index is 1.71. The molecule has 0 N–H and O–H groups in total. The number of benzene rings is 2. The minimum Gasteiger partial charge on any atom is -0.468 e. The average molecular weight is 400 g/mol. The zero-order valence-electron chi connectivity index (χ0n) is 13.8. The maximum Gasteiger partial charge on any atom is 0.316 e. The van der Waals surface area contributed by atoms with E-state index in [1.807, 2.05) is 54.6 Å². The van der Waals surface area contributed by atoms with Crippen LogP contribution < -0.4 is 0 Å². The fourth-order valence-corrected chi connectivity index (χ4v) is 4.44. The first kappa shape index (κ1) is 16.3. The number of halogens is 1. The van der Waals surface area contributed by atoms with Crippen molar-refractivity contribution in [3.63, 3.8) is 0 Å². The molecule has 1 aliphatic heterocycles. The van der Waals surface area contributed by atoms with Gasteiger partial charge in [-0.15, -0.1) is 0 Å². The van der Waals surface area contributed by atoms with E-state index in [0.717, 1.165) is 21.3 Å². The molecular formula is C20H18BrNO3. The van der Waals surface area contributed by atoms with Gasteiger partial charge in [-0.1, -0.05) is 63.6 Å². The molecule has 4 nitrogen and oxygen atoms in total. The lowest BCUT2D eigenvalue weighted by atomic mass is 9.77. The standard InChI is InChI=1S/C20H18BrNO3/c1-24-19(23)20(14-7-3-2-4-8-14)11-16-17(12-20)25-22-18(16)13-6-5-9-15(21)10-13/h2-10,16-17H,11-12H2,1H3/t16-,17+,20+/m1/s1. The van der Waals surface area contributed by atoms with Gasteiger partial charge in [0.25, 0.3) is 0 Å². The highest BCUT2D eigenvalue weighted by Crippen LogP contribution is 2.49. The molecule has 25 heavy (non-hydrogen) atoms. The molecule has 2 aromatic rings. The highest BCUT2D eigenvalue weighted by molar-refractivity contribution is 9.10. The summed E-state index contributed by atoms with van der Waals surface area (Å²) in [6, 6.07) is 17.9. The molecule has 4 rings (SSSR count). The third-order valence-corrected chi connectivity index (χ3v) is 5.72. The first-order chi connectivity index (χ1) is 12.1. The minimum absolute atomic E-state index is 0.0774. The molecule has 0 unspecified atom stereocenters. The van der Waals surface area contributed by atoms with Crippen LogP contribution in [0.4, 0.5) is 0 Å². The molecule has 0 saturated heterocycles. The summed E-state index contributed by atoms with van der Waals surface area (Å²) in [5, 5.41) is 4.32. The van der Waals surface area contributed by atoms with Crippen molar-refractivity contribution < 1.29 is 14.4 Å². The van der Waals surface area contributed by atoms with Crippen molar-refractivity contribution in [3.8, 4) is 0 Å². The molecule has 1 fully saturated rings. The number of nitrogens with zero attached hydrogens (tertiary/aromatic N) is 1. The zero-order chi connectivity index (χ0) is 17.4. The number of methoxy groups -OCH3 is 1. The Bertz CT molecular complexity index is 836. The molecule has 2 aromatic carbocycles. The summed E-state index contributed by atoms with van der Waals surface area (Å²) in [5.41, 5.74) is 2.23. The lowest BCUT2D eigenvalue weighted by Crippen LogP contribution is -2.35. The van der Waals surface area contributed by atoms with Crippen molar-refractivity contribution in [2.45, 2.75) is 24.4 Å². The number of ether oxygens (including phenoxy) is 1. The van der Waals surface area contributed by atoms with Crippen molar-refractivity contribution in [1.82, 2.24) is 0 Å². The van der Waals surface area contributed by atoms with Gasteiger partial charge in [-0.05, 0) is 24.1 Å². The van der Waals surface area contributed by atoms with Crippen LogP contribution in [-0.4, -0.2) is 24.9 Å². The van der Waals surface area contributed by atoms with Crippen LogP contribution in [0.1, 0.15) is 24.0 Å². The zero-order valence-corrected chi connectivity index (χ0v) is 15.4. The second-order valence-corrected chi connectivity index (χ2v) is 7.50. The van der Waals surface area contributed by atoms with Crippen LogP contribution in [0, 0.1) is 5.92 Å². The van der Waals surface area contributed by atoms with Crippen LogP contribution in [-0.2, 0) is 19.8 Å². The number of hydrogen-bond acceptors (Lipinski definition) is 4. The Labute approximate surface area is 155 Å². The van der Waals surface area contributed by atoms with Crippen LogP contribution in [0.2, 0.25) is 0 Å². The van der Waals surface area contributed by atoms with Crippen LogP contribution >= 0.6 is 15.9 Å². The molecule has 0 radical (unpaired) electrons. The molecule has 128 valence electrons. The fraction of sp³-hybridized carbons (Fsp3) is 0.300. The van der Waals surface area contributed by atoms with Crippen molar-refractivity contribution in [3.05, 3.63) is 70.2 Å². The lowest BCUT2D eigenvalue weighted by Gasteiger charge is -2.27. The SMILES string of the molecule is COC(=O)[C@]1(c2ccccc2)C[C@@H]2ON=C(c3cccc(Br)c3)[C@@H]2C1. The monoisotopic (exact) mass is 399 g/mol. The lowest BCUT2D eigenvalue weighted by molar-refractivity contribution is -0.148. The van der Waals surface area contributed by atoms with Crippen LogP contribution in [0.15, 0.2) is 64.2 Å². The van der Waals surface area contributed by atoms with E-state index in [4.69, 9.17) is 9.57 Å². The summed E-state index contributed by atoms with van der Waals surface area (Å²) in [5.74, 6) is -0.126. The first-order valence-electron chi connectivity index (χ1n) is 8.28. The largest absolute Gasteiger partial charge is 0.468 e. The molecular weight excluding hydrogens is 382 g/mol. The van der Waals surface area contributed by atoms with Gasteiger partial charge in [0.05, 0.1) is 18.2 Å². The van der Waals surface area contributed by atoms with Gasteiger partial charge in [0, 0.05) is 22.4 Å². The van der Waals surface area contributed by atoms with E-state index in [-0.39, 0.29) is 18.0 Å². The molecule has 0 aromatic heterocycles.